The Morgan fingerprint density at radius 2 is 2.20 bits per heavy atom. The summed E-state index contributed by atoms with van der Waals surface area (Å²) in [6, 6.07) is 6.18. The number of hydrogen-bond donors (Lipinski definition) is 2. The lowest BCUT2D eigenvalue weighted by molar-refractivity contribution is -0.126. The number of carbonyl (C=O) groups excluding carboxylic acids is 1. The molecule has 0 aromatic heterocycles. The van der Waals surface area contributed by atoms with Gasteiger partial charge in [0.25, 0.3) is 0 Å². The number of anilines is 1. The molecule has 0 bridgehead atoms. The second-order valence-corrected chi connectivity index (χ2v) is 5.70. The minimum atomic E-state index is -0.0985. The zero-order chi connectivity index (χ0) is 14.7. The molecule has 1 amide bonds. The predicted molar refractivity (Wildman–Crippen MR) is 82.3 cm³/mol. The molecule has 2 unspecified atom stereocenters. The van der Waals surface area contributed by atoms with E-state index in [9.17, 15) is 4.79 Å². The first-order valence-electron chi connectivity index (χ1n) is 7.43. The molecule has 0 fully saturated rings. The standard InChI is InChI=1S/C16H25N3O/c1-4-11(2)18-16(20)12(3)19-9-8-14-13(10-19)6-5-7-15(14)17/h5-7,11-12H,4,8-10,17H2,1-3H3,(H,18,20). The Balaban J connectivity index is 2.03. The van der Waals surface area contributed by atoms with Crippen molar-refractivity contribution in [1.82, 2.24) is 10.2 Å². The van der Waals surface area contributed by atoms with Crippen LogP contribution in [-0.2, 0) is 17.8 Å². The van der Waals surface area contributed by atoms with Crippen molar-refractivity contribution in [3.63, 3.8) is 0 Å². The van der Waals surface area contributed by atoms with Gasteiger partial charge in [-0.3, -0.25) is 9.69 Å². The number of amides is 1. The van der Waals surface area contributed by atoms with Crippen LogP contribution in [0, 0.1) is 0 Å². The molecule has 1 aromatic carbocycles. The Hall–Kier alpha value is -1.55. The molecule has 1 aliphatic rings. The number of benzene rings is 1. The molecule has 20 heavy (non-hydrogen) atoms. The van der Waals surface area contributed by atoms with E-state index in [1.54, 1.807) is 0 Å². The first-order chi connectivity index (χ1) is 9.52. The number of nitrogens with two attached hydrogens (primary N) is 1. The number of carbonyl (C=O) groups is 1. The van der Waals surface area contributed by atoms with Gasteiger partial charge in [-0.2, -0.15) is 0 Å². The van der Waals surface area contributed by atoms with Crippen molar-refractivity contribution < 1.29 is 4.79 Å². The zero-order valence-electron chi connectivity index (χ0n) is 12.6. The topological polar surface area (TPSA) is 58.4 Å². The van der Waals surface area contributed by atoms with Crippen LogP contribution in [0.1, 0.15) is 38.3 Å². The monoisotopic (exact) mass is 275 g/mol. The van der Waals surface area contributed by atoms with Crippen LogP contribution in [-0.4, -0.2) is 29.4 Å². The number of rotatable bonds is 4. The molecule has 110 valence electrons. The predicted octanol–water partition coefficient (Wildman–Crippen LogP) is 1.93. The molecule has 2 rings (SSSR count). The van der Waals surface area contributed by atoms with Crippen LogP contribution in [0.15, 0.2) is 18.2 Å². The van der Waals surface area contributed by atoms with Crippen molar-refractivity contribution >= 4 is 11.6 Å². The lowest BCUT2D eigenvalue weighted by Crippen LogP contribution is -2.49. The Kier molecular flexibility index (Phi) is 4.65. The summed E-state index contributed by atoms with van der Waals surface area (Å²) in [6.45, 7) is 7.78. The molecule has 0 saturated heterocycles. The van der Waals surface area contributed by atoms with Crippen molar-refractivity contribution in [3.05, 3.63) is 29.3 Å². The SMILES string of the molecule is CCC(C)NC(=O)C(C)N1CCc2c(N)cccc2C1. The van der Waals surface area contributed by atoms with Crippen molar-refractivity contribution in [1.29, 1.82) is 0 Å². The van der Waals surface area contributed by atoms with Crippen LogP contribution in [0.2, 0.25) is 0 Å². The second kappa shape index (κ2) is 6.27. The van der Waals surface area contributed by atoms with Gasteiger partial charge in [0.05, 0.1) is 6.04 Å². The van der Waals surface area contributed by atoms with Gasteiger partial charge in [-0.05, 0) is 43.9 Å². The third-order valence-corrected chi connectivity index (χ3v) is 4.26. The van der Waals surface area contributed by atoms with E-state index < -0.39 is 0 Å². The molecule has 0 radical (unpaired) electrons. The van der Waals surface area contributed by atoms with Gasteiger partial charge in [-0.25, -0.2) is 0 Å². The summed E-state index contributed by atoms with van der Waals surface area (Å²) in [5.41, 5.74) is 9.38. The highest BCUT2D eigenvalue weighted by molar-refractivity contribution is 5.81. The highest BCUT2D eigenvalue weighted by atomic mass is 16.2. The van der Waals surface area contributed by atoms with Crippen LogP contribution in [0.25, 0.3) is 0 Å². The molecule has 1 aliphatic heterocycles. The maximum Gasteiger partial charge on any atom is 0.237 e. The summed E-state index contributed by atoms with van der Waals surface area (Å²) in [7, 11) is 0. The van der Waals surface area contributed by atoms with Gasteiger partial charge in [-0.1, -0.05) is 19.1 Å². The summed E-state index contributed by atoms with van der Waals surface area (Å²) >= 11 is 0. The Morgan fingerprint density at radius 1 is 1.45 bits per heavy atom. The highest BCUT2D eigenvalue weighted by Gasteiger charge is 2.26. The van der Waals surface area contributed by atoms with Gasteiger partial charge in [-0.15, -0.1) is 0 Å². The molecule has 0 saturated carbocycles. The Morgan fingerprint density at radius 3 is 2.90 bits per heavy atom. The number of nitrogens with zero attached hydrogens (tertiary/aromatic N) is 1. The molecular formula is C16H25N3O. The van der Waals surface area contributed by atoms with Crippen LogP contribution >= 0.6 is 0 Å². The summed E-state index contributed by atoms with van der Waals surface area (Å²) in [5, 5.41) is 3.06. The molecule has 1 aromatic rings. The number of nitrogen functional groups attached to an aromatic ring is 1. The van der Waals surface area contributed by atoms with E-state index in [-0.39, 0.29) is 18.0 Å². The summed E-state index contributed by atoms with van der Waals surface area (Å²) in [6.07, 6.45) is 1.88. The number of fused-ring (bicyclic) bond motifs is 1. The van der Waals surface area contributed by atoms with E-state index in [4.69, 9.17) is 5.73 Å². The fourth-order valence-electron chi connectivity index (χ4n) is 2.62. The lowest BCUT2D eigenvalue weighted by Gasteiger charge is -2.33. The largest absolute Gasteiger partial charge is 0.398 e. The van der Waals surface area contributed by atoms with Gasteiger partial charge in [0.15, 0.2) is 0 Å². The van der Waals surface area contributed by atoms with E-state index in [1.807, 2.05) is 26.0 Å². The second-order valence-electron chi connectivity index (χ2n) is 5.70. The first kappa shape index (κ1) is 14.9. The maximum absolute atomic E-state index is 12.2. The highest BCUT2D eigenvalue weighted by Crippen LogP contribution is 2.25. The van der Waals surface area contributed by atoms with E-state index in [2.05, 4.69) is 23.2 Å². The minimum Gasteiger partial charge on any atom is -0.398 e. The van der Waals surface area contributed by atoms with E-state index in [0.29, 0.717) is 0 Å². The summed E-state index contributed by atoms with van der Waals surface area (Å²) < 4.78 is 0. The molecule has 0 spiro atoms. The third kappa shape index (κ3) is 3.12. The fourth-order valence-corrected chi connectivity index (χ4v) is 2.62. The third-order valence-electron chi connectivity index (χ3n) is 4.26. The summed E-state index contributed by atoms with van der Waals surface area (Å²) in [5.74, 6) is 0.117. The van der Waals surface area contributed by atoms with Gasteiger partial charge < -0.3 is 11.1 Å². The van der Waals surface area contributed by atoms with Crippen LogP contribution < -0.4 is 11.1 Å². The molecule has 0 aliphatic carbocycles. The average Bonchev–Trinajstić information content (AvgIpc) is 2.46. The smallest absolute Gasteiger partial charge is 0.237 e. The first-order valence-corrected chi connectivity index (χ1v) is 7.43. The van der Waals surface area contributed by atoms with Gasteiger partial charge >= 0.3 is 0 Å². The van der Waals surface area contributed by atoms with Crippen molar-refractivity contribution in [2.75, 3.05) is 12.3 Å². The Bertz CT molecular complexity index is 487. The average molecular weight is 275 g/mol. The van der Waals surface area contributed by atoms with E-state index in [0.717, 1.165) is 31.6 Å². The number of hydrogen-bond acceptors (Lipinski definition) is 3. The van der Waals surface area contributed by atoms with Crippen molar-refractivity contribution in [2.24, 2.45) is 0 Å². The maximum atomic E-state index is 12.2. The fraction of sp³-hybridized carbons (Fsp3) is 0.562. The molecule has 3 N–H and O–H groups in total. The van der Waals surface area contributed by atoms with Gasteiger partial charge in [0.1, 0.15) is 0 Å². The van der Waals surface area contributed by atoms with Crippen LogP contribution in [0.5, 0.6) is 0 Å². The molecule has 4 heteroatoms. The molecule has 1 heterocycles. The van der Waals surface area contributed by atoms with Crippen LogP contribution in [0.3, 0.4) is 0 Å². The lowest BCUT2D eigenvalue weighted by atomic mass is 9.97. The van der Waals surface area contributed by atoms with Crippen molar-refractivity contribution in [3.8, 4) is 0 Å². The number of nitrogens with one attached hydrogen (secondary N) is 1. The molecule has 4 nitrogen and oxygen atoms in total. The normalized spacial score (nSPS) is 18.1. The van der Waals surface area contributed by atoms with E-state index >= 15 is 0 Å². The van der Waals surface area contributed by atoms with Crippen molar-refractivity contribution in [2.45, 2.75) is 52.2 Å². The van der Waals surface area contributed by atoms with Gasteiger partial charge in [0, 0.05) is 24.8 Å². The molecular weight excluding hydrogens is 250 g/mol. The Labute approximate surface area is 121 Å². The molecule has 2 atom stereocenters. The van der Waals surface area contributed by atoms with E-state index in [1.165, 1.54) is 11.1 Å². The summed E-state index contributed by atoms with van der Waals surface area (Å²) in [4.78, 5) is 14.4. The quantitative estimate of drug-likeness (QED) is 0.826. The van der Waals surface area contributed by atoms with Crippen LogP contribution in [0.4, 0.5) is 5.69 Å². The van der Waals surface area contributed by atoms with Gasteiger partial charge in [0.2, 0.25) is 5.91 Å². The zero-order valence-corrected chi connectivity index (χ0v) is 12.6. The minimum absolute atomic E-state index is 0.0985.